The van der Waals surface area contributed by atoms with Crippen molar-refractivity contribution in [1.82, 2.24) is 0 Å². The van der Waals surface area contributed by atoms with Crippen molar-refractivity contribution < 1.29 is 9.35 Å². The molecule has 0 saturated carbocycles. The smallest absolute Gasteiger partial charge is 0.270 e. The average molecular weight is 237 g/mol. The Morgan fingerprint density at radius 3 is 2.62 bits per heavy atom. The van der Waals surface area contributed by atoms with Gasteiger partial charge in [-0.2, -0.15) is 0 Å². The van der Waals surface area contributed by atoms with Gasteiger partial charge in [-0.05, 0) is 31.3 Å². The van der Waals surface area contributed by atoms with E-state index in [9.17, 15) is 10.1 Å². The Morgan fingerprint density at radius 2 is 2.06 bits per heavy atom. The number of hydrogen-bond acceptors (Lipinski definition) is 3. The van der Waals surface area contributed by atoms with Gasteiger partial charge in [-0.3, -0.25) is 10.1 Å². The zero-order valence-corrected chi connectivity index (χ0v) is 10.6. The predicted octanol–water partition coefficient (Wildman–Crippen LogP) is 3.42. The standard InChI is InChI=1S/C11H15NO3Si/c1-16(2,3)15-8-7-10-5-4-6-11(9-10)12(13)14/h4-9H,1-3H3/b8-7-. The fourth-order valence-corrected chi connectivity index (χ4v) is 1.54. The summed E-state index contributed by atoms with van der Waals surface area (Å²) in [6, 6.07) is 6.45. The molecule has 16 heavy (non-hydrogen) atoms. The van der Waals surface area contributed by atoms with Crippen LogP contribution in [0.1, 0.15) is 5.56 Å². The van der Waals surface area contributed by atoms with E-state index in [1.807, 2.05) is 0 Å². The monoisotopic (exact) mass is 237 g/mol. The molecule has 0 aliphatic rings. The van der Waals surface area contributed by atoms with Crippen LogP contribution in [-0.2, 0) is 4.43 Å². The molecule has 0 aliphatic carbocycles. The van der Waals surface area contributed by atoms with Crippen LogP contribution in [0, 0.1) is 10.1 Å². The Morgan fingerprint density at radius 1 is 1.38 bits per heavy atom. The summed E-state index contributed by atoms with van der Waals surface area (Å²) in [4.78, 5) is 10.1. The Bertz CT molecular complexity index is 410. The van der Waals surface area contributed by atoms with E-state index in [-0.39, 0.29) is 5.69 Å². The van der Waals surface area contributed by atoms with Gasteiger partial charge in [0.05, 0.1) is 11.2 Å². The van der Waals surface area contributed by atoms with Crippen molar-refractivity contribution in [3.8, 4) is 0 Å². The summed E-state index contributed by atoms with van der Waals surface area (Å²) in [7, 11) is -1.57. The fourth-order valence-electron chi connectivity index (χ4n) is 1.06. The molecule has 1 rings (SSSR count). The summed E-state index contributed by atoms with van der Waals surface area (Å²) in [5.74, 6) is 0. The molecule has 0 unspecified atom stereocenters. The predicted molar refractivity (Wildman–Crippen MR) is 66.6 cm³/mol. The lowest BCUT2D eigenvalue weighted by Gasteiger charge is -2.14. The van der Waals surface area contributed by atoms with E-state index in [0.29, 0.717) is 0 Å². The fraction of sp³-hybridized carbons (Fsp3) is 0.273. The van der Waals surface area contributed by atoms with Gasteiger partial charge in [-0.25, -0.2) is 0 Å². The summed E-state index contributed by atoms with van der Waals surface area (Å²) in [5.41, 5.74) is 0.864. The molecule has 0 heterocycles. The van der Waals surface area contributed by atoms with Crippen molar-refractivity contribution in [2.24, 2.45) is 0 Å². The molecule has 1 aromatic carbocycles. The molecule has 0 radical (unpaired) electrons. The van der Waals surface area contributed by atoms with Crippen LogP contribution in [0.3, 0.4) is 0 Å². The highest BCUT2D eigenvalue weighted by Gasteiger charge is 2.12. The van der Waals surface area contributed by atoms with Crippen LogP contribution < -0.4 is 0 Å². The molecule has 5 heteroatoms. The van der Waals surface area contributed by atoms with Gasteiger partial charge in [0.25, 0.3) is 5.69 Å². The van der Waals surface area contributed by atoms with Crippen LogP contribution in [-0.4, -0.2) is 13.2 Å². The second-order valence-electron chi connectivity index (χ2n) is 4.39. The quantitative estimate of drug-likeness (QED) is 0.349. The maximum Gasteiger partial charge on any atom is 0.270 e. The maximum absolute atomic E-state index is 10.5. The molecule has 0 atom stereocenters. The van der Waals surface area contributed by atoms with E-state index in [2.05, 4.69) is 19.6 Å². The van der Waals surface area contributed by atoms with Crippen molar-refractivity contribution in [3.63, 3.8) is 0 Å². The molecule has 0 fully saturated rings. The van der Waals surface area contributed by atoms with Gasteiger partial charge in [0.1, 0.15) is 0 Å². The summed E-state index contributed by atoms with van der Waals surface area (Å²) >= 11 is 0. The SMILES string of the molecule is C[Si](C)(C)O/C=C\c1cccc([N+](=O)[O-])c1. The van der Waals surface area contributed by atoms with Gasteiger partial charge in [-0.15, -0.1) is 0 Å². The molecule has 0 aromatic heterocycles. The molecule has 0 bridgehead atoms. The Balaban J connectivity index is 2.74. The molecule has 0 N–H and O–H groups in total. The summed E-state index contributed by atoms with van der Waals surface area (Å²) in [6.07, 6.45) is 3.36. The molecule has 0 aliphatic heterocycles. The zero-order chi connectivity index (χ0) is 12.2. The molecular formula is C11H15NO3Si. The van der Waals surface area contributed by atoms with Crippen LogP contribution in [0.5, 0.6) is 0 Å². The number of non-ortho nitro benzene ring substituents is 1. The minimum atomic E-state index is -1.57. The van der Waals surface area contributed by atoms with E-state index in [1.54, 1.807) is 24.5 Å². The summed E-state index contributed by atoms with van der Waals surface area (Å²) in [5, 5.41) is 10.5. The zero-order valence-electron chi connectivity index (χ0n) is 9.64. The summed E-state index contributed by atoms with van der Waals surface area (Å²) in [6.45, 7) is 6.22. The highest BCUT2D eigenvalue weighted by atomic mass is 28.4. The maximum atomic E-state index is 10.5. The third kappa shape index (κ3) is 4.27. The molecule has 4 nitrogen and oxygen atoms in total. The molecule has 1 aromatic rings. The van der Waals surface area contributed by atoms with Gasteiger partial charge >= 0.3 is 0 Å². The molecule has 86 valence electrons. The Kier molecular flexibility index (Phi) is 3.84. The highest BCUT2D eigenvalue weighted by Crippen LogP contribution is 2.14. The second-order valence-corrected chi connectivity index (χ2v) is 8.85. The van der Waals surface area contributed by atoms with E-state index in [4.69, 9.17) is 4.43 Å². The van der Waals surface area contributed by atoms with E-state index >= 15 is 0 Å². The first-order valence-corrected chi connectivity index (χ1v) is 8.38. The van der Waals surface area contributed by atoms with Crippen LogP contribution in [0.2, 0.25) is 19.6 Å². The van der Waals surface area contributed by atoms with Crippen molar-refractivity contribution in [2.75, 3.05) is 0 Å². The van der Waals surface area contributed by atoms with Crippen molar-refractivity contribution in [2.45, 2.75) is 19.6 Å². The Hall–Kier alpha value is -1.62. The number of hydrogen-bond donors (Lipinski definition) is 0. The first-order chi connectivity index (χ1) is 7.38. The van der Waals surface area contributed by atoms with Crippen molar-refractivity contribution in [1.29, 1.82) is 0 Å². The number of nitro benzene ring substituents is 1. The minimum Gasteiger partial charge on any atom is -0.550 e. The van der Waals surface area contributed by atoms with Gasteiger partial charge in [0.2, 0.25) is 8.32 Å². The third-order valence-corrected chi connectivity index (χ3v) is 2.61. The average Bonchev–Trinajstić information content (AvgIpc) is 2.16. The van der Waals surface area contributed by atoms with Crippen LogP contribution >= 0.6 is 0 Å². The Labute approximate surface area is 95.8 Å². The topological polar surface area (TPSA) is 52.4 Å². The van der Waals surface area contributed by atoms with Crippen LogP contribution in [0.15, 0.2) is 30.5 Å². The van der Waals surface area contributed by atoms with E-state index in [0.717, 1.165) is 5.56 Å². The number of nitrogens with zero attached hydrogens (tertiary/aromatic N) is 1. The normalized spacial score (nSPS) is 11.7. The highest BCUT2D eigenvalue weighted by molar-refractivity contribution is 6.69. The molecule has 0 saturated heterocycles. The van der Waals surface area contributed by atoms with Gasteiger partial charge in [0.15, 0.2) is 0 Å². The van der Waals surface area contributed by atoms with Crippen molar-refractivity contribution >= 4 is 20.1 Å². The number of nitro groups is 1. The number of benzene rings is 1. The molecular weight excluding hydrogens is 222 g/mol. The van der Waals surface area contributed by atoms with E-state index < -0.39 is 13.2 Å². The van der Waals surface area contributed by atoms with Crippen LogP contribution in [0.4, 0.5) is 5.69 Å². The van der Waals surface area contributed by atoms with Gasteiger partial charge in [-0.1, -0.05) is 12.1 Å². The molecule has 0 spiro atoms. The lowest BCUT2D eigenvalue weighted by atomic mass is 10.2. The summed E-state index contributed by atoms with van der Waals surface area (Å²) < 4.78 is 5.52. The minimum absolute atomic E-state index is 0.0927. The lowest BCUT2D eigenvalue weighted by Crippen LogP contribution is -2.21. The first kappa shape index (κ1) is 12.4. The van der Waals surface area contributed by atoms with E-state index in [1.165, 1.54) is 12.1 Å². The lowest BCUT2D eigenvalue weighted by molar-refractivity contribution is -0.384. The molecule has 0 amide bonds. The van der Waals surface area contributed by atoms with Crippen LogP contribution in [0.25, 0.3) is 6.08 Å². The largest absolute Gasteiger partial charge is 0.550 e. The number of rotatable bonds is 4. The van der Waals surface area contributed by atoms with Crippen molar-refractivity contribution in [3.05, 3.63) is 46.2 Å². The van der Waals surface area contributed by atoms with Gasteiger partial charge < -0.3 is 4.43 Å². The third-order valence-electron chi connectivity index (χ3n) is 1.76. The van der Waals surface area contributed by atoms with Gasteiger partial charge in [0, 0.05) is 12.1 Å². The second kappa shape index (κ2) is 4.94. The first-order valence-electron chi connectivity index (χ1n) is 4.97.